The van der Waals surface area contributed by atoms with Gasteiger partial charge >= 0.3 is 0 Å². The Morgan fingerprint density at radius 2 is 1.27 bits per heavy atom. The summed E-state index contributed by atoms with van der Waals surface area (Å²) in [5.74, 6) is -6.53. The van der Waals surface area contributed by atoms with Crippen LogP contribution in [0.5, 0.6) is 0 Å². The third-order valence-electron chi connectivity index (χ3n) is 18.7. The van der Waals surface area contributed by atoms with Crippen molar-refractivity contribution >= 4 is 93.5 Å². The Morgan fingerprint density at radius 1 is 0.638 bits per heavy atom. The second-order valence-electron chi connectivity index (χ2n) is 26.9. The van der Waals surface area contributed by atoms with E-state index in [9.17, 15) is 52.7 Å². The summed E-state index contributed by atoms with van der Waals surface area (Å²) < 4.78 is 0.827. The number of carbonyl (C=O) groups excluding carboxylic acids is 12. The average Bonchev–Trinajstić information content (AvgIpc) is 0.818. The normalized spacial score (nSPS) is 25.9. The summed E-state index contributed by atoms with van der Waals surface area (Å²) >= 11 is 2.11. The third-order valence-corrected chi connectivity index (χ3v) is 19.4. The molecule has 24 nitrogen and oxygen atoms in total. The van der Waals surface area contributed by atoms with Crippen LogP contribution in [0, 0.1) is 33.7 Å². The maximum Gasteiger partial charge on any atom is 0.246 e. The molecular weight excluding hydrogens is 1320 g/mol. The first-order valence-corrected chi connectivity index (χ1v) is 33.8. The minimum absolute atomic E-state index is 0.00892. The van der Waals surface area contributed by atoms with E-state index in [1.54, 1.807) is 54.3 Å². The summed E-state index contributed by atoms with van der Waals surface area (Å²) in [6.45, 7) is 15.8. The van der Waals surface area contributed by atoms with Crippen molar-refractivity contribution < 1.29 is 57.5 Å². The first kappa shape index (κ1) is 77.1. The molecular formula is C69H101IN12O12. The summed E-state index contributed by atoms with van der Waals surface area (Å²) in [5.41, 5.74) is -0.432. The van der Waals surface area contributed by atoms with Gasteiger partial charge in [0, 0.05) is 84.8 Å². The first-order valence-electron chi connectivity index (χ1n) is 32.8. The SMILES string of the molecule is C#CC[C@@H]1NC(=O)[C@H](Cc2cccc(I)c2)NC(=O)CN(C)C(=O)[C@H](Cc2ccccc2)N(C)C(=O)[C@@H]2CCN2C(=O)[C@H](C)N(C)C(=O)[C@H]([C@@H](C)CC)NC(=O)[C@H](CC(C)C)N(C)C(=O)C[C@@H](C(=O)N2CCCCC2)N(C)C(=O)[C@H](CC(C)C)NC(=O)C(C)(C)N(C)C1=O. The molecule has 3 aliphatic heterocycles. The van der Waals surface area contributed by atoms with Gasteiger partial charge in [0.2, 0.25) is 70.9 Å². The molecule has 0 saturated carbocycles. The van der Waals surface area contributed by atoms with E-state index < -0.39 is 150 Å². The number of terminal acetylenes is 1. The van der Waals surface area contributed by atoms with Crippen LogP contribution in [-0.2, 0) is 70.4 Å². The Balaban J connectivity index is 1.62. The van der Waals surface area contributed by atoms with E-state index in [-0.39, 0.29) is 56.9 Å². The lowest BCUT2D eigenvalue weighted by molar-refractivity contribution is -0.160. The monoisotopic (exact) mass is 1420 g/mol. The van der Waals surface area contributed by atoms with Crippen LogP contribution in [0.3, 0.4) is 0 Å². The van der Waals surface area contributed by atoms with Crippen molar-refractivity contribution in [2.75, 3.05) is 68.5 Å². The van der Waals surface area contributed by atoms with E-state index in [0.717, 1.165) is 24.7 Å². The molecule has 2 aromatic rings. The third kappa shape index (κ3) is 19.7. The van der Waals surface area contributed by atoms with Gasteiger partial charge in [-0.25, -0.2) is 0 Å². The molecule has 10 atom stereocenters. The largest absolute Gasteiger partial charge is 0.342 e. The van der Waals surface area contributed by atoms with Crippen molar-refractivity contribution in [3.63, 3.8) is 0 Å². The lowest BCUT2D eigenvalue weighted by Gasteiger charge is -2.45. The molecule has 5 rings (SSSR count). The number of piperidine rings is 1. The Kier molecular flexibility index (Phi) is 28.4. The summed E-state index contributed by atoms with van der Waals surface area (Å²) in [6, 6.07) is 4.79. The van der Waals surface area contributed by atoms with Crippen molar-refractivity contribution in [3.8, 4) is 12.3 Å². The van der Waals surface area contributed by atoms with Crippen molar-refractivity contribution in [1.29, 1.82) is 0 Å². The number of halogens is 1. The molecule has 0 spiro atoms. The van der Waals surface area contributed by atoms with E-state index in [1.165, 1.54) is 82.7 Å². The fourth-order valence-corrected chi connectivity index (χ4v) is 12.5. The van der Waals surface area contributed by atoms with Gasteiger partial charge in [0.25, 0.3) is 0 Å². The summed E-state index contributed by atoms with van der Waals surface area (Å²) in [7, 11) is 8.44. The van der Waals surface area contributed by atoms with Crippen LogP contribution < -0.4 is 21.3 Å². The Labute approximate surface area is 569 Å². The fraction of sp³-hybridized carbons (Fsp3) is 0.623. The van der Waals surface area contributed by atoms with E-state index in [4.69, 9.17) is 6.42 Å². The van der Waals surface area contributed by atoms with Gasteiger partial charge in [0.15, 0.2) is 0 Å². The molecule has 516 valence electrons. The van der Waals surface area contributed by atoms with E-state index in [0.29, 0.717) is 43.5 Å². The standard InChI is InChI=1S/C69H101IN12O12/c1-17-26-49-63(89)80(16)69(9,10)68(94)73-51(35-42(3)4)62(88)78(14)55(66(92)81-32-23-20-24-33-81)40-57(84)77(13)53(36-43(5)6)60(86)74-58(44(7)18-2)67(93)76(12)45(8)61(87)82-34-31-52(82)65(91)79(15)54(39-46-27-21-19-22-28-46)64(90)75(11)41-56(83)71-50(59(85)72-49)38-47-29-25-30-48(70)37-47/h1,19,21-22,25,27-30,37,42-45,49-55,58H,18,20,23-24,26,31-36,38-41H2,2-16H3,(H,71,83)(H,72,85)(H,73,94)(H,74,86)/t44-,45-,49-,50-,51-,52-,53-,54-,55-,58-/m0/s1. The second kappa shape index (κ2) is 34.7. The highest BCUT2D eigenvalue weighted by Gasteiger charge is 2.47. The fourth-order valence-electron chi connectivity index (χ4n) is 11.9. The highest BCUT2D eigenvalue weighted by molar-refractivity contribution is 14.1. The minimum atomic E-state index is -1.75. The van der Waals surface area contributed by atoms with Crippen molar-refractivity contribution in [2.24, 2.45) is 17.8 Å². The Bertz CT molecular complexity index is 3110. The lowest BCUT2D eigenvalue weighted by Crippen LogP contribution is -2.65. The molecule has 0 bridgehead atoms. The number of carbonyl (C=O) groups is 12. The molecule has 0 unspecified atom stereocenters. The molecule has 25 heteroatoms. The zero-order chi connectivity index (χ0) is 70.2. The molecule has 4 N–H and O–H groups in total. The zero-order valence-corrected chi connectivity index (χ0v) is 59.8. The number of likely N-dealkylation sites (N-methyl/N-ethyl adjacent to an activating group) is 6. The molecule has 3 saturated heterocycles. The van der Waals surface area contributed by atoms with Crippen molar-refractivity contribution in [2.45, 2.75) is 193 Å². The van der Waals surface area contributed by atoms with Crippen molar-refractivity contribution in [1.82, 2.24) is 60.5 Å². The van der Waals surface area contributed by atoms with Crippen LogP contribution in [-0.4, -0.2) is 238 Å². The molecule has 12 amide bonds. The van der Waals surface area contributed by atoms with E-state index in [1.807, 2.05) is 46.8 Å². The molecule has 3 fully saturated rings. The summed E-state index contributed by atoms with van der Waals surface area (Å²) in [6.07, 6.45) is 7.94. The number of hydrogen-bond donors (Lipinski definition) is 4. The predicted molar refractivity (Wildman–Crippen MR) is 364 cm³/mol. The number of amides is 12. The van der Waals surface area contributed by atoms with E-state index in [2.05, 4.69) is 49.8 Å². The van der Waals surface area contributed by atoms with Crippen LogP contribution in [0.15, 0.2) is 54.6 Å². The second-order valence-corrected chi connectivity index (χ2v) is 28.2. The van der Waals surface area contributed by atoms with Crippen LogP contribution in [0.1, 0.15) is 131 Å². The number of fused-ring (bicyclic) bond motifs is 1. The molecule has 94 heavy (non-hydrogen) atoms. The quantitative estimate of drug-likeness (QED) is 0.176. The zero-order valence-electron chi connectivity index (χ0n) is 57.7. The molecule has 0 aromatic heterocycles. The van der Waals surface area contributed by atoms with E-state index >= 15 is 4.79 Å². The number of benzene rings is 2. The van der Waals surface area contributed by atoms with Gasteiger partial charge in [-0.1, -0.05) is 90.4 Å². The molecule has 2 aromatic carbocycles. The van der Waals surface area contributed by atoms with Crippen LogP contribution >= 0.6 is 22.6 Å². The van der Waals surface area contributed by atoms with Gasteiger partial charge in [-0.15, -0.1) is 12.3 Å². The maximum absolute atomic E-state index is 15.1. The minimum Gasteiger partial charge on any atom is -0.342 e. The topological polar surface area (TPSA) is 279 Å². The van der Waals surface area contributed by atoms with Gasteiger partial charge in [-0.05, 0) is 123 Å². The number of nitrogens with one attached hydrogen (secondary N) is 4. The van der Waals surface area contributed by atoms with Gasteiger partial charge in [-0.2, -0.15) is 0 Å². The van der Waals surface area contributed by atoms with Crippen LogP contribution in [0.4, 0.5) is 0 Å². The van der Waals surface area contributed by atoms with Crippen LogP contribution in [0.25, 0.3) is 0 Å². The summed E-state index contributed by atoms with van der Waals surface area (Å²) in [4.78, 5) is 187. The number of hydrogen-bond acceptors (Lipinski definition) is 12. The molecule has 3 aliphatic rings. The van der Waals surface area contributed by atoms with Crippen LogP contribution in [0.2, 0.25) is 0 Å². The van der Waals surface area contributed by atoms with Gasteiger partial charge in [0.05, 0.1) is 13.0 Å². The molecule has 0 aliphatic carbocycles. The number of likely N-dealkylation sites (tertiary alicyclic amines) is 1. The van der Waals surface area contributed by atoms with Gasteiger partial charge < -0.3 is 60.5 Å². The van der Waals surface area contributed by atoms with Crippen molar-refractivity contribution in [3.05, 3.63) is 69.3 Å². The predicted octanol–water partition coefficient (Wildman–Crippen LogP) is 3.22. The smallest absolute Gasteiger partial charge is 0.246 e. The highest BCUT2D eigenvalue weighted by Crippen LogP contribution is 2.27. The summed E-state index contributed by atoms with van der Waals surface area (Å²) in [5, 5.41) is 11.2. The Morgan fingerprint density at radius 3 is 1.84 bits per heavy atom. The average molecular weight is 1420 g/mol. The number of rotatable bonds is 12. The van der Waals surface area contributed by atoms with Gasteiger partial charge in [0.1, 0.15) is 59.9 Å². The molecule has 0 radical (unpaired) electrons. The lowest BCUT2D eigenvalue weighted by atomic mass is 9.94. The van der Waals surface area contributed by atoms with Gasteiger partial charge in [-0.3, -0.25) is 57.5 Å². The highest BCUT2D eigenvalue weighted by atomic mass is 127. The first-order chi connectivity index (χ1) is 44.2. The Hall–Kier alpha value is -7.63. The number of nitrogens with zero attached hydrogens (tertiary/aromatic N) is 8. The maximum atomic E-state index is 15.1. The molecule has 3 heterocycles.